The number of allylic oxidation sites excluding steroid dienone is 1. The van der Waals surface area contributed by atoms with Gasteiger partial charge in [-0.15, -0.1) is 0 Å². The number of ether oxygens (including phenoxy) is 1. The van der Waals surface area contributed by atoms with E-state index in [1.165, 1.54) is 25.2 Å². The second kappa shape index (κ2) is 9.51. The molecule has 0 atom stereocenters. The number of aromatic nitrogens is 2. The number of fused-ring (bicyclic) bond motifs is 1. The monoisotopic (exact) mass is 424 g/mol. The van der Waals surface area contributed by atoms with Crippen LogP contribution in [0.15, 0.2) is 46.9 Å². The van der Waals surface area contributed by atoms with E-state index in [0.717, 1.165) is 5.69 Å². The molecule has 0 unspecified atom stereocenters. The molecule has 0 aromatic carbocycles. The Bertz CT molecular complexity index is 1110. The van der Waals surface area contributed by atoms with E-state index in [9.17, 15) is 9.59 Å². The fourth-order valence-electron chi connectivity index (χ4n) is 3.22. The molecule has 1 amide bonds. The minimum absolute atomic E-state index is 0.244. The quantitative estimate of drug-likeness (QED) is 0.402. The smallest absolute Gasteiger partial charge is 0.356 e. The summed E-state index contributed by atoms with van der Waals surface area (Å²) in [7, 11) is 1.32. The van der Waals surface area contributed by atoms with Crippen LogP contribution in [0, 0.1) is 5.92 Å². The van der Waals surface area contributed by atoms with Gasteiger partial charge < -0.3 is 24.4 Å². The van der Waals surface area contributed by atoms with Crippen LogP contribution in [-0.2, 0) is 11.3 Å². The number of rotatable bonds is 8. The third kappa shape index (κ3) is 4.79. The lowest BCUT2D eigenvalue weighted by molar-refractivity contribution is 0.0589. The van der Waals surface area contributed by atoms with Gasteiger partial charge in [0.2, 0.25) is 0 Å². The van der Waals surface area contributed by atoms with Gasteiger partial charge in [-0.25, -0.2) is 9.78 Å². The molecule has 0 aliphatic rings. The summed E-state index contributed by atoms with van der Waals surface area (Å²) in [4.78, 5) is 30.1. The lowest BCUT2D eigenvalue weighted by Crippen LogP contribution is -2.18. The molecule has 0 aliphatic heterocycles. The number of hydrogen-bond acceptors (Lipinski definition) is 6. The predicted molar refractivity (Wildman–Crippen MR) is 120 cm³/mol. The van der Waals surface area contributed by atoms with Crippen LogP contribution in [0.25, 0.3) is 11.0 Å². The summed E-state index contributed by atoms with van der Waals surface area (Å²) in [6, 6.07) is 3.45. The number of nitrogens with zero attached hydrogens (tertiary/aromatic N) is 2. The average molecular weight is 425 g/mol. The number of carbonyl (C=O) groups is 2. The minimum Gasteiger partial charge on any atom is -0.472 e. The number of anilines is 2. The lowest BCUT2D eigenvalue weighted by Gasteiger charge is -2.12. The second-order valence-electron chi connectivity index (χ2n) is 7.77. The first-order valence-electron chi connectivity index (χ1n) is 10.2. The van der Waals surface area contributed by atoms with Crippen molar-refractivity contribution in [3.8, 4) is 0 Å². The number of furan rings is 1. The van der Waals surface area contributed by atoms with Gasteiger partial charge in [-0.1, -0.05) is 25.5 Å². The number of nitrogens with one attached hydrogen (secondary N) is 2. The molecule has 0 fully saturated rings. The molecule has 3 rings (SSSR count). The summed E-state index contributed by atoms with van der Waals surface area (Å²) in [5, 5.41) is 6.85. The molecule has 0 radical (unpaired) electrons. The lowest BCUT2D eigenvalue weighted by atomic mass is 10.2. The van der Waals surface area contributed by atoms with Gasteiger partial charge in [-0.05, 0) is 31.9 Å². The van der Waals surface area contributed by atoms with E-state index >= 15 is 0 Å². The molecule has 164 valence electrons. The van der Waals surface area contributed by atoms with Crippen molar-refractivity contribution in [3.05, 3.63) is 53.8 Å². The fraction of sp³-hybridized carbons (Fsp3) is 0.348. The van der Waals surface area contributed by atoms with Crippen LogP contribution in [0.5, 0.6) is 0 Å². The highest BCUT2D eigenvalue weighted by atomic mass is 16.5. The van der Waals surface area contributed by atoms with Crippen molar-refractivity contribution in [1.82, 2.24) is 9.55 Å². The van der Waals surface area contributed by atoms with E-state index in [4.69, 9.17) is 9.15 Å². The summed E-state index contributed by atoms with van der Waals surface area (Å²) < 4.78 is 11.9. The maximum atomic E-state index is 12.8. The number of pyridine rings is 1. The van der Waals surface area contributed by atoms with Gasteiger partial charge in [0, 0.05) is 18.5 Å². The van der Waals surface area contributed by atoms with Crippen LogP contribution in [0.2, 0.25) is 0 Å². The molecule has 3 aromatic heterocycles. The van der Waals surface area contributed by atoms with Crippen molar-refractivity contribution < 1.29 is 18.7 Å². The van der Waals surface area contributed by atoms with Crippen molar-refractivity contribution in [2.24, 2.45) is 5.92 Å². The molecule has 0 spiro atoms. The van der Waals surface area contributed by atoms with Crippen molar-refractivity contribution in [3.63, 3.8) is 0 Å². The summed E-state index contributed by atoms with van der Waals surface area (Å²) in [6.45, 7) is 9.32. The third-order valence-corrected chi connectivity index (χ3v) is 4.91. The number of amides is 1. The Morgan fingerprint density at radius 1 is 1.35 bits per heavy atom. The van der Waals surface area contributed by atoms with Crippen LogP contribution < -0.4 is 10.6 Å². The second-order valence-corrected chi connectivity index (χ2v) is 7.77. The van der Waals surface area contributed by atoms with Gasteiger partial charge in [0.1, 0.15) is 11.9 Å². The highest BCUT2D eigenvalue weighted by Crippen LogP contribution is 2.33. The van der Waals surface area contributed by atoms with E-state index in [1.54, 1.807) is 16.8 Å². The van der Waals surface area contributed by atoms with E-state index in [0.29, 0.717) is 35.4 Å². The van der Waals surface area contributed by atoms with Crippen LogP contribution in [0.3, 0.4) is 0 Å². The minimum atomic E-state index is -0.541. The van der Waals surface area contributed by atoms with Crippen molar-refractivity contribution in [2.75, 3.05) is 24.3 Å². The molecule has 0 saturated heterocycles. The normalized spacial score (nSPS) is 11.7. The number of hydrogen-bond donors (Lipinski definition) is 2. The Labute approximate surface area is 181 Å². The average Bonchev–Trinajstić information content (AvgIpc) is 3.39. The van der Waals surface area contributed by atoms with E-state index < -0.39 is 5.97 Å². The molecule has 2 N–H and O–H groups in total. The molecule has 0 saturated carbocycles. The van der Waals surface area contributed by atoms with Crippen LogP contribution in [0.1, 0.15) is 48.5 Å². The zero-order valence-electron chi connectivity index (χ0n) is 18.5. The van der Waals surface area contributed by atoms with Gasteiger partial charge in [0.25, 0.3) is 5.91 Å². The molecular formula is C23H28N4O4. The van der Waals surface area contributed by atoms with Crippen LogP contribution in [-0.4, -0.2) is 35.1 Å². The highest BCUT2D eigenvalue weighted by molar-refractivity contribution is 6.14. The van der Waals surface area contributed by atoms with Gasteiger partial charge in [-0.3, -0.25) is 4.79 Å². The van der Waals surface area contributed by atoms with Crippen molar-refractivity contribution in [1.29, 1.82) is 0 Å². The van der Waals surface area contributed by atoms with E-state index in [2.05, 4.69) is 15.6 Å². The summed E-state index contributed by atoms with van der Waals surface area (Å²) in [5.41, 5.74) is 3.55. The largest absolute Gasteiger partial charge is 0.472 e. The van der Waals surface area contributed by atoms with Gasteiger partial charge in [-0.2, -0.15) is 0 Å². The molecule has 0 aliphatic carbocycles. The Morgan fingerprint density at radius 3 is 2.74 bits per heavy atom. The highest BCUT2D eigenvalue weighted by Gasteiger charge is 2.27. The van der Waals surface area contributed by atoms with Gasteiger partial charge in [0.15, 0.2) is 5.69 Å². The fourth-order valence-corrected chi connectivity index (χ4v) is 3.22. The topological polar surface area (TPSA) is 98.4 Å². The van der Waals surface area contributed by atoms with Crippen molar-refractivity contribution in [2.45, 2.75) is 34.2 Å². The van der Waals surface area contributed by atoms with Gasteiger partial charge >= 0.3 is 5.97 Å². The maximum Gasteiger partial charge on any atom is 0.356 e. The number of carbonyl (C=O) groups excluding carboxylic acids is 2. The molecule has 8 nitrogen and oxygen atoms in total. The molecule has 31 heavy (non-hydrogen) atoms. The first-order valence-corrected chi connectivity index (χ1v) is 10.2. The molecule has 0 bridgehead atoms. The molecule has 3 aromatic rings. The van der Waals surface area contributed by atoms with Crippen LogP contribution in [0.4, 0.5) is 11.4 Å². The zero-order valence-corrected chi connectivity index (χ0v) is 18.5. The Balaban J connectivity index is 2.16. The van der Waals surface area contributed by atoms with Crippen molar-refractivity contribution >= 4 is 34.3 Å². The maximum absolute atomic E-state index is 12.8. The Hall–Kier alpha value is -3.55. The third-order valence-electron chi connectivity index (χ3n) is 4.91. The standard InChI is InChI=1S/C23H28N4O4/c1-6-15(4)10-24-17-9-18-19(26-22(28)16-7-8-31-13-16)20(23(29)30-5)27(12-14(2)3)21(18)25-11-17/h6-9,11,13-14,24H,10,12H2,1-5H3,(H,26,28)/b15-6+. The van der Waals surface area contributed by atoms with E-state index in [-0.39, 0.29) is 17.5 Å². The van der Waals surface area contributed by atoms with Gasteiger partial charge in [0.05, 0.1) is 36.5 Å². The molecule has 3 heterocycles. The summed E-state index contributed by atoms with van der Waals surface area (Å²) in [6.07, 6.45) is 6.53. The molecular weight excluding hydrogens is 396 g/mol. The first-order chi connectivity index (χ1) is 14.8. The SMILES string of the molecule is C/C=C(\C)CNc1cnc2c(c1)c(NC(=O)c1ccoc1)c(C(=O)OC)n2CC(C)C. The Kier molecular flexibility index (Phi) is 6.79. The summed E-state index contributed by atoms with van der Waals surface area (Å²) in [5.74, 6) is -0.681. The Morgan fingerprint density at radius 2 is 2.13 bits per heavy atom. The van der Waals surface area contributed by atoms with E-state index in [1.807, 2.05) is 39.8 Å². The first kappa shape index (κ1) is 22.1. The molecule has 8 heteroatoms. The van der Waals surface area contributed by atoms with Crippen LogP contribution >= 0.6 is 0 Å². The number of methoxy groups -OCH3 is 1. The zero-order chi connectivity index (χ0) is 22.5. The summed E-state index contributed by atoms with van der Waals surface area (Å²) >= 11 is 0. The predicted octanol–water partition coefficient (Wildman–Crippen LogP) is 4.70. The number of esters is 1.